The third-order valence-corrected chi connectivity index (χ3v) is 7.31. The minimum Gasteiger partial charge on any atom is -0.490 e. The summed E-state index contributed by atoms with van der Waals surface area (Å²) < 4.78 is 13.7. The Balaban J connectivity index is 1.36. The van der Waals surface area contributed by atoms with Crippen molar-refractivity contribution < 1.29 is 14.3 Å². The quantitative estimate of drug-likeness (QED) is 0.407. The fourth-order valence-electron chi connectivity index (χ4n) is 5.54. The third-order valence-electron chi connectivity index (χ3n) is 7.31. The number of ether oxygens (including phenoxy) is 2. The van der Waals surface area contributed by atoms with E-state index in [-0.39, 0.29) is 11.7 Å². The summed E-state index contributed by atoms with van der Waals surface area (Å²) in [5, 5.41) is 8.38. The molecule has 0 saturated carbocycles. The number of rotatable bonds is 3. The molecular weight excluding hydrogens is 464 g/mol. The lowest BCUT2D eigenvalue weighted by molar-refractivity contribution is -0.116. The lowest BCUT2D eigenvalue weighted by Gasteiger charge is -2.35. The Morgan fingerprint density at radius 1 is 0.838 bits per heavy atom. The lowest BCUT2D eigenvalue weighted by Crippen LogP contribution is -2.33. The zero-order valence-corrected chi connectivity index (χ0v) is 20.3. The molecule has 3 aromatic carbocycles. The standard InChI is InChI=1S/C30H26N4O3/c35-24-17-22(19-8-3-1-4-9-19)16-23-27(24)28(21-12-13-25-26(18-21)37-15-7-14-36-25)34-30(31-23)32-29(33-34)20-10-5-2-6-11-20/h1-6,8-13,18,22,28H,7,14-17H2,(H,31,32,33). The molecule has 2 unspecified atom stereocenters. The Labute approximate surface area is 214 Å². The van der Waals surface area contributed by atoms with Gasteiger partial charge in [-0.05, 0) is 35.6 Å². The maximum Gasteiger partial charge on any atom is 0.226 e. The van der Waals surface area contributed by atoms with Crippen molar-refractivity contribution in [2.45, 2.75) is 31.2 Å². The smallest absolute Gasteiger partial charge is 0.226 e. The van der Waals surface area contributed by atoms with Gasteiger partial charge in [-0.3, -0.25) is 4.79 Å². The molecule has 0 bridgehead atoms. The first-order chi connectivity index (χ1) is 18.2. The van der Waals surface area contributed by atoms with Crippen LogP contribution in [0.3, 0.4) is 0 Å². The van der Waals surface area contributed by atoms with Crippen molar-refractivity contribution in [1.82, 2.24) is 14.8 Å². The van der Waals surface area contributed by atoms with Crippen LogP contribution in [0.4, 0.5) is 5.95 Å². The number of aromatic nitrogens is 3. The van der Waals surface area contributed by atoms with Gasteiger partial charge in [0.05, 0.1) is 13.2 Å². The molecule has 7 rings (SSSR count). The summed E-state index contributed by atoms with van der Waals surface area (Å²) >= 11 is 0. The number of benzene rings is 3. The Kier molecular flexibility index (Phi) is 5.27. The number of carbonyl (C=O) groups excluding carboxylic acids is 1. The summed E-state index contributed by atoms with van der Waals surface area (Å²) in [6.45, 7) is 1.23. The molecule has 0 radical (unpaired) electrons. The molecule has 3 aliphatic rings. The zero-order valence-electron chi connectivity index (χ0n) is 20.3. The Hall–Kier alpha value is -4.39. The van der Waals surface area contributed by atoms with E-state index in [9.17, 15) is 4.79 Å². The maximum atomic E-state index is 13.8. The monoisotopic (exact) mass is 490 g/mol. The number of anilines is 1. The van der Waals surface area contributed by atoms with Crippen LogP contribution in [0, 0.1) is 0 Å². The summed E-state index contributed by atoms with van der Waals surface area (Å²) in [6.07, 6.45) is 2.03. The number of fused-ring (bicyclic) bond motifs is 2. The van der Waals surface area contributed by atoms with E-state index in [1.54, 1.807) is 0 Å². The van der Waals surface area contributed by atoms with Crippen LogP contribution in [0.25, 0.3) is 11.4 Å². The van der Waals surface area contributed by atoms with E-state index in [1.807, 2.05) is 71.4 Å². The number of hydrogen-bond acceptors (Lipinski definition) is 6. The van der Waals surface area contributed by atoms with E-state index in [1.165, 1.54) is 5.56 Å². The Morgan fingerprint density at radius 2 is 1.59 bits per heavy atom. The Morgan fingerprint density at radius 3 is 2.41 bits per heavy atom. The lowest BCUT2D eigenvalue weighted by atomic mass is 9.78. The molecule has 184 valence electrons. The largest absolute Gasteiger partial charge is 0.490 e. The first-order valence-corrected chi connectivity index (χ1v) is 12.7. The van der Waals surface area contributed by atoms with E-state index in [4.69, 9.17) is 19.6 Å². The first-order valence-electron chi connectivity index (χ1n) is 12.7. The highest BCUT2D eigenvalue weighted by Gasteiger charge is 2.40. The molecule has 0 fully saturated rings. The highest BCUT2D eigenvalue weighted by Crippen LogP contribution is 2.45. The topological polar surface area (TPSA) is 78.3 Å². The predicted octanol–water partition coefficient (Wildman–Crippen LogP) is 5.52. The molecule has 4 aromatic rings. The van der Waals surface area contributed by atoms with Crippen molar-refractivity contribution in [3.8, 4) is 22.9 Å². The van der Waals surface area contributed by atoms with Crippen molar-refractivity contribution in [3.05, 3.63) is 101 Å². The van der Waals surface area contributed by atoms with Crippen molar-refractivity contribution >= 4 is 11.7 Å². The summed E-state index contributed by atoms with van der Waals surface area (Å²) in [5.74, 6) is 2.93. The van der Waals surface area contributed by atoms with Gasteiger partial charge in [0.25, 0.3) is 0 Å². The van der Waals surface area contributed by atoms with Crippen LogP contribution in [-0.4, -0.2) is 33.8 Å². The van der Waals surface area contributed by atoms with Crippen molar-refractivity contribution in [1.29, 1.82) is 0 Å². The molecule has 2 aliphatic heterocycles. The van der Waals surface area contributed by atoms with Gasteiger partial charge in [0.1, 0.15) is 6.04 Å². The van der Waals surface area contributed by atoms with Gasteiger partial charge in [0.15, 0.2) is 23.1 Å². The van der Waals surface area contributed by atoms with Gasteiger partial charge in [-0.1, -0.05) is 66.7 Å². The molecule has 7 heteroatoms. The van der Waals surface area contributed by atoms with Crippen LogP contribution < -0.4 is 14.8 Å². The third kappa shape index (κ3) is 3.87. The first kappa shape index (κ1) is 21.9. The van der Waals surface area contributed by atoms with Gasteiger partial charge in [0.2, 0.25) is 5.95 Å². The van der Waals surface area contributed by atoms with Crippen molar-refractivity contribution in [2.75, 3.05) is 18.5 Å². The average Bonchev–Trinajstić information content (AvgIpc) is 3.22. The SMILES string of the molecule is O=C1CC(c2ccccc2)CC2=C1C(c1ccc3c(c1)OCCCO3)n1nc(-c3ccccc3)nc1N2. The molecule has 3 heterocycles. The van der Waals surface area contributed by atoms with Gasteiger partial charge in [0, 0.05) is 29.7 Å². The van der Waals surface area contributed by atoms with Gasteiger partial charge in [-0.2, -0.15) is 4.98 Å². The second-order valence-corrected chi connectivity index (χ2v) is 9.69. The fraction of sp³-hybridized carbons (Fsp3) is 0.233. The van der Waals surface area contributed by atoms with Crippen LogP contribution in [0.1, 0.15) is 42.3 Å². The molecule has 1 aliphatic carbocycles. The molecule has 0 spiro atoms. The molecule has 7 nitrogen and oxygen atoms in total. The van der Waals surface area contributed by atoms with Gasteiger partial charge in [-0.25, -0.2) is 4.68 Å². The van der Waals surface area contributed by atoms with E-state index in [0.29, 0.717) is 37.2 Å². The summed E-state index contributed by atoms with van der Waals surface area (Å²) in [4.78, 5) is 18.7. The molecule has 1 N–H and O–H groups in total. The second-order valence-electron chi connectivity index (χ2n) is 9.69. The van der Waals surface area contributed by atoms with E-state index in [2.05, 4.69) is 17.4 Å². The van der Waals surface area contributed by atoms with Gasteiger partial charge < -0.3 is 14.8 Å². The number of Topliss-reactive ketones (excluding diaryl/α,β-unsaturated/α-hetero) is 1. The van der Waals surface area contributed by atoms with E-state index >= 15 is 0 Å². The fourth-order valence-corrected chi connectivity index (χ4v) is 5.54. The number of nitrogens with zero attached hydrogens (tertiary/aromatic N) is 3. The predicted molar refractivity (Wildman–Crippen MR) is 140 cm³/mol. The van der Waals surface area contributed by atoms with E-state index in [0.717, 1.165) is 41.0 Å². The molecule has 37 heavy (non-hydrogen) atoms. The second kappa shape index (κ2) is 8.92. The normalized spacial score (nSPS) is 20.5. The summed E-state index contributed by atoms with van der Waals surface area (Å²) in [7, 11) is 0. The van der Waals surface area contributed by atoms with Crippen molar-refractivity contribution in [3.63, 3.8) is 0 Å². The maximum absolute atomic E-state index is 13.8. The van der Waals surface area contributed by atoms with Crippen LogP contribution in [0.5, 0.6) is 11.5 Å². The van der Waals surface area contributed by atoms with E-state index < -0.39 is 6.04 Å². The Bertz CT molecular complexity index is 1510. The molecule has 0 amide bonds. The number of nitrogens with one attached hydrogen (secondary N) is 1. The number of carbonyl (C=O) groups is 1. The number of hydrogen-bond donors (Lipinski definition) is 1. The van der Waals surface area contributed by atoms with Crippen LogP contribution in [-0.2, 0) is 4.79 Å². The molecule has 1 aromatic heterocycles. The minimum absolute atomic E-state index is 0.118. The number of ketones is 1. The average molecular weight is 491 g/mol. The summed E-state index contributed by atoms with van der Waals surface area (Å²) in [6, 6.07) is 25.7. The highest BCUT2D eigenvalue weighted by atomic mass is 16.5. The summed E-state index contributed by atoms with van der Waals surface area (Å²) in [5.41, 5.74) is 4.69. The molecule has 0 saturated heterocycles. The number of allylic oxidation sites excluding steroid dienone is 2. The molecular formula is C30H26N4O3. The van der Waals surface area contributed by atoms with Gasteiger partial charge >= 0.3 is 0 Å². The van der Waals surface area contributed by atoms with Crippen LogP contribution in [0.15, 0.2) is 90.1 Å². The minimum atomic E-state index is -0.405. The van der Waals surface area contributed by atoms with Gasteiger partial charge in [-0.15, -0.1) is 5.10 Å². The van der Waals surface area contributed by atoms with Crippen LogP contribution in [0.2, 0.25) is 0 Å². The molecule has 2 atom stereocenters. The highest BCUT2D eigenvalue weighted by molar-refractivity contribution is 6.00. The van der Waals surface area contributed by atoms with Crippen molar-refractivity contribution in [2.24, 2.45) is 0 Å². The van der Waals surface area contributed by atoms with Crippen LogP contribution >= 0.6 is 0 Å². The zero-order chi connectivity index (χ0) is 24.8.